The molecule has 3 unspecified atom stereocenters. The van der Waals surface area contributed by atoms with Crippen molar-refractivity contribution in [2.24, 2.45) is 17.8 Å². The van der Waals surface area contributed by atoms with Gasteiger partial charge in [-0.25, -0.2) is 0 Å². The van der Waals surface area contributed by atoms with Gasteiger partial charge in [0.15, 0.2) is 0 Å². The summed E-state index contributed by atoms with van der Waals surface area (Å²) in [7, 11) is 0. The Balaban J connectivity index is 1.82. The standard InChI is InChI=1S/C22H34O4/c1-2-3-4-5-9-18(23)11-12-19-20-14-16(8-6-7-10-22(25)26)13-17(20)15-21(19)24/h8,17-21,23-24H,2-7,9-10,13-15H2,1H3,(H,25,26)/b16-8-/t17-,18?,19?,20-,21?/m1/s1. The third-order valence-corrected chi connectivity index (χ3v) is 5.82. The maximum Gasteiger partial charge on any atom is 0.303 e. The first-order valence-electron chi connectivity index (χ1n) is 10.3. The quantitative estimate of drug-likeness (QED) is 0.330. The molecule has 2 fully saturated rings. The topological polar surface area (TPSA) is 77.8 Å². The van der Waals surface area contributed by atoms with Gasteiger partial charge >= 0.3 is 5.97 Å². The van der Waals surface area contributed by atoms with Crippen LogP contribution < -0.4 is 0 Å². The Morgan fingerprint density at radius 1 is 1.27 bits per heavy atom. The number of carboxylic acid groups (broad SMARTS) is 1. The van der Waals surface area contributed by atoms with E-state index >= 15 is 0 Å². The molecule has 0 aromatic heterocycles. The summed E-state index contributed by atoms with van der Waals surface area (Å²) in [5.74, 6) is 6.27. The lowest BCUT2D eigenvalue weighted by Crippen LogP contribution is -2.18. The van der Waals surface area contributed by atoms with E-state index in [1.165, 1.54) is 18.4 Å². The van der Waals surface area contributed by atoms with Crippen LogP contribution in [0.25, 0.3) is 0 Å². The van der Waals surface area contributed by atoms with E-state index in [9.17, 15) is 15.0 Å². The summed E-state index contributed by atoms with van der Waals surface area (Å²) in [6, 6.07) is 0. The fraction of sp³-hybridized carbons (Fsp3) is 0.773. The molecule has 0 aliphatic heterocycles. The number of carbonyl (C=O) groups is 1. The first-order chi connectivity index (χ1) is 12.5. The number of rotatable bonds is 9. The van der Waals surface area contributed by atoms with Crippen molar-refractivity contribution < 1.29 is 20.1 Å². The second-order valence-corrected chi connectivity index (χ2v) is 7.96. The molecule has 0 bridgehead atoms. The zero-order valence-corrected chi connectivity index (χ0v) is 16.0. The largest absolute Gasteiger partial charge is 0.481 e. The molecule has 5 atom stereocenters. The van der Waals surface area contributed by atoms with Gasteiger partial charge in [0, 0.05) is 12.3 Å². The lowest BCUT2D eigenvalue weighted by Gasteiger charge is -2.15. The van der Waals surface area contributed by atoms with E-state index in [0.29, 0.717) is 18.3 Å². The molecule has 0 heterocycles. The molecule has 0 aromatic rings. The van der Waals surface area contributed by atoms with E-state index in [1.807, 2.05) is 0 Å². The summed E-state index contributed by atoms with van der Waals surface area (Å²) in [5, 5.41) is 29.1. The predicted molar refractivity (Wildman–Crippen MR) is 102 cm³/mol. The minimum atomic E-state index is -0.738. The lowest BCUT2D eigenvalue weighted by atomic mass is 9.91. The van der Waals surface area contributed by atoms with Crippen LogP contribution in [0.2, 0.25) is 0 Å². The Bertz CT molecular complexity index is 542. The van der Waals surface area contributed by atoms with Crippen molar-refractivity contribution in [2.45, 2.75) is 89.8 Å². The van der Waals surface area contributed by atoms with Crippen LogP contribution in [0.15, 0.2) is 11.6 Å². The molecule has 4 nitrogen and oxygen atoms in total. The zero-order chi connectivity index (χ0) is 18.9. The maximum absolute atomic E-state index is 10.6. The fourth-order valence-electron chi connectivity index (χ4n) is 4.42. The first kappa shape index (κ1) is 21.0. The minimum Gasteiger partial charge on any atom is -0.481 e. The van der Waals surface area contributed by atoms with Crippen molar-refractivity contribution in [1.29, 1.82) is 0 Å². The smallest absolute Gasteiger partial charge is 0.303 e. The first-order valence-corrected chi connectivity index (χ1v) is 10.3. The molecule has 0 saturated heterocycles. The molecular formula is C22H34O4. The highest BCUT2D eigenvalue weighted by molar-refractivity contribution is 5.66. The Kier molecular flexibility index (Phi) is 8.68. The number of hydrogen-bond acceptors (Lipinski definition) is 3. The third-order valence-electron chi connectivity index (χ3n) is 5.82. The molecule has 2 rings (SSSR count). The highest BCUT2D eigenvalue weighted by atomic mass is 16.4. The van der Waals surface area contributed by atoms with Gasteiger partial charge in [-0.3, -0.25) is 4.79 Å². The predicted octanol–water partition coefficient (Wildman–Crippen LogP) is 3.91. The summed E-state index contributed by atoms with van der Waals surface area (Å²) in [5.41, 5.74) is 1.39. The maximum atomic E-state index is 10.6. The van der Waals surface area contributed by atoms with Crippen LogP contribution in [-0.2, 0) is 4.79 Å². The number of aliphatic hydroxyl groups excluding tert-OH is 2. The van der Waals surface area contributed by atoms with Crippen molar-refractivity contribution in [3.05, 3.63) is 11.6 Å². The van der Waals surface area contributed by atoms with E-state index in [1.54, 1.807) is 0 Å². The van der Waals surface area contributed by atoms with Crippen molar-refractivity contribution in [2.75, 3.05) is 0 Å². The number of allylic oxidation sites excluding steroid dienone is 2. The van der Waals surface area contributed by atoms with E-state index in [4.69, 9.17) is 5.11 Å². The number of aliphatic carboxylic acids is 1. The molecule has 146 valence electrons. The second kappa shape index (κ2) is 10.7. The molecule has 0 spiro atoms. The summed E-state index contributed by atoms with van der Waals surface area (Å²) in [6.07, 6.45) is 11.0. The Hall–Kier alpha value is -1.31. The van der Waals surface area contributed by atoms with Gasteiger partial charge in [-0.1, -0.05) is 49.7 Å². The molecule has 0 radical (unpaired) electrons. The van der Waals surface area contributed by atoms with E-state index < -0.39 is 12.1 Å². The van der Waals surface area contributed by atoms with Crippen molar-refractivity contribution in [3.8, 4) is 11.8 Å². The lowest BCUT2D eigenvalue weighted by molar-refractivity contribution is -0.137. The molecule has 2 aliphatic carbocycles. The van der Waals surface area contributed by atoms with Crippen LogP contribution in [0.1, 0.15) is 77.6 Å². The van der Waals surface area contributed by atoms with E-state index in [2.05, 4.69) is 24.8 Å². The van der Waals surface area contributed by atoms with Crippen molar-refractivity contribution in [3.63, 3.8) is 0 Å². The van der Waals surface area contributed by atoms with Crippen LogP contribution >= 0.6 is 0 Å². The Labute approximate surface area is 157 Å². The molecular weight excluding hydrogens is 328 g/mol. The molecule has 2 saturated carbocycles. The van der Waals surface area contributed by atoms with Gasteiger partial charge in [0.1, 0.15) is 6.10 Å². The number of fused-ring (bicyclic) bond motifs is 1. The van der Waals surface area contributed by atoms with Crippen LogP contribution in [0.3, 0.4) is 0 Å². The van der Waals surface area contributed by atoms with Gasteiger partial charge < -0.3 is 15.3 Å². The van der Waals surface area contributed by atoms with Crippen LogP contribution in [0.4, 0.5) is 0 Å². The SMILES string of the molecule is CCCCCCC(O)C#CC1C(O)C[C@H]2C/C(=C/CCCC(=O)O)C[C@@H]12. The van der Waals surface area contributed by atoms with Crippen molar-refractivity contribution in [1.82, 2.24) is 0 Å². The highest BCUT2D eigenvalue weighted by Crippen LogP contribution is 2.49. The number of carboxylic acids is 1. The minimum absolute atomic E-state index is 0.0322. The van der Waals surface area contributed by atoms with Gasteiger partial charge in [-0.15, -0.1) is 0 Å². The molecule has 0 amide bonds. The van der Waals surface area contributed by atoms with E-state index in [0.717, 1.165) is 44.9 Å². The molecule has 3 N–H and O–H groups in total. The van der Waals surface area contributed by atoms with Crippen LogP contribution in [0, 0.1) is 29.6 Å². The average molecular weight is 363 g/mol. The summed E-state index contributed by atoms with van der Waals surface area (Å²) in [6.45, 7) is 2.17. The van der Waals surface area contributed by atoms with Crippen molar-refractivity contribution >= 4 is 5.97 Å². The van der Waals surface area contributed by atoms with Gasteiger partial charge in [-0.2, -0.15) is 0 Å². The monoisotopic (exact) mass is 362 g/mol. The molecule has 26 heavy (non-hydrogen) atoms. The Morgan fingerprint density at radius 2 is 2.08 bits per heavy atom. The average Bonchev–Trinajstić information content (AvgIpc) is 3.10. The van der Waals surface area contributed by atoms with Gasteiger partial charge in [0.25, 0.3) is 0 Å². The van der Waals surface area contributed by atoms with Gasteiger partial charge in [0.05, 0.1) is 6.10 Å². The molecule has 2 aliphatic rings. The van der Waals surface area contributed by atoms with Crippen LogP contribution in [-0.4, -0.2) is 33.5 Å². The van der Waals surface area contributed by atoms with Crippen LogP contribution in [0.5, 0.6) is 0 Å². The number of aliphatic hydroxyl groups is 2. The van der Waals surface area contributed by atoms with Gasteiger partial charge in [0.2, 0.25) is 0 Å². The molecule has 4 heteroatoms. The Morgan fingerprint density at radius 3 is 2.81 bits per heavy atom. The summed E-state index contributed by atoms with van der Waals surface area (Å²) < 4.78 is 0. The zero-order valence-electron chi connectivity index (χ0n) is 16.0. The normalized spacial score (nSPS) is 30.0. The summed E-state index contributed by atoms with van der Waals surface area (Å²) >= 11 is 0. The fourth-order valence-corrected chi connectivity index (χ4v) is 4.42. The second-order valence-electron chi connectivity index (χ2n) is 7.96. The van der Waals surface area contributed by atoms with E-state index in [-0.39, 0.29) is 18.4 Å². The summed E-state index contributed by atoms with van der Waals surface area (Å²) in [4.78, 5) is 10.6. The number of hydrogen-bond donors (Lipinski definition) is 3. The van der Waals surface area contributed by atoms with Gasteiger partial charge in [-0.05, 0) is 56.8 Å². The highest BCUT2D eigenvalue weighted by Gasteiger charge is 2.45. The molecule has 0 aromatic carbocycles. The third kappa shape index (κ3) is 6.45. The number of unbranched alkanes of at least 4 members (excludes halogenated alkanes) is 4.